The highest BCUT2D eigenvalue weighted by Crippen LogP contribution is 2.30. The SMILES string of the molecule is CC(=O)O.Cc1cc2c(cc1C)NC(CC(=O)NCC(C)C)C(=O)N2. The maximum Gasteiger partial charge on any atom is 0.300 e. The van der Waals surface area contributed by atoms with Gasteiger partial charge >= 0.3 is 0 Å². The van der Waals surface area contributed by atoms with Gasteiger partial charge in [0, 0.05) is 13.5 Å². The van der Waals surface area contributed by atoms with Gasteiger partial charge in [-0.2, -0.15) is 0 Å². The monoisotopic (exact) mass is 349 g/mol. The average molecular weight is 349 g/mol. The molecule has 2 rings (SSSR count). The molecule has 1 aliphatic rings. The lowest BCUT2D eigenvalue weighted by molar-refractivity contribution is -0.134. The Labute approximate surface area is 148 Å². The molecule has 0 bridgehead atoms. The fourth-order valence-corrected chi connectivity index (χ4v) is 2.23. The van der Waals surface area contributed by atoms with Crippen molar-refractivity contribution in [3.63, 3.8) is 0 Å². The van der Waals surface area contributed by atoms with Gasteiger partial charge in [0.05, 0.1) is 17.8 Å². The summed E-state index contributed by atoms with van der Waals surface area (Å²) >= 11 is 0. The van der Waals surface area contributed by atoms with Crippen LogP contribution in [0.25, 0.3) is 0 Å². The fraction of sp³-hybridized carbons (Fsp3) is 0.500. The molecule has 7 heteroatoms. The van der Waals surface area contributed by atoms with Crippen LogP contribution in [0.2, 0.25) is 0 Å². The molecule has 0 aromatic heterocycles. The van der Waals surface area contributed by atoms with Gasteiger partial charge in [0.1, 0.15) is 6.04 Å². The molecule has 1 aromatic rings. The predicted molar refractivity (Wildman–Crippen MR) is 97.7 cm³/mol. The molecule has 25 heavy (non-hydrogen) atoms. The molecular formula is C18H27N3O4. The number of aliphatic carboxylic acids is 1. The zero-order valence-electron chi connectivity index (χ0n) is 15.4. The minimum Gasteiger partial charge on any atom is -0.481 e. The van der Waals surface area contributed by atoms with Crippen molar-refractivity contribution in [2.75, 3.05) is 17.2 Å². The first kappa shape index (κ1) is 20.5. The standard InChI is InChI=1S/C16H23N3O2.C2H4O2/c1-9(2)8-17-15(20)7-14-16(21)19-13-6-11(4)10(3)5-12(13)18-14;1-2(3)4/h5-6,9,14,18H,7-8H2,1-4H3,(H,17,20)(H,19,21);1H3,(H,3,4). The van der Waals surface area contributed by atoms with Crippen LogP contribution >= 0.6 is 0 Å². The van der Waals surface area contributed by atoms with Crippen molar-refractivity contribution in [1.82, 2.24) is 5.32 Å². The fourth-order valence-electron chi connectivity index (χ4n) is 2.23. The second-order valence-corrected chi connectivity index (χ2v) is 6.59. The van der Waals surface area contributed by atoms with Crippen molar-refractivity contribution in [3.05, 3.63) is 23.3 Å². The molecule has 1 aliphatic heterocycles. The Morgan fingerprint density at radius 1 is 1.20 bits per heavy atom. The van der Waals surface area contributed by atoms with E-state index in [0.717, 1.165) is 29.4 Å². The Morgan fingerprint density at radius 2 is 1.72 bits per heavy atom. The molecule has 7 nitrogen and oxygen atoms in total. The quantitative estimate of drug-likeness (QED) is 0.667. The van der Waals surface area contributed by atoms with E-state index in [1.54, 1.807) is 0 Å². The number of hydrogen-bond donors (Lipinski definition) is 4. The van der Waals surface area contributed by atoms with Crippen molar-refractivity contribution in [1.29, 1.82) is 0 Å². The Balaban J connectivity index is 0.000000705. The Kier molecular flexibility index (Phi) is 7.42. The molecular weight excluding hydrogens is 322 g/mol. The van der Waals surface area contributed by atoms with E-state index in [4.69, 9.17) is 9.90 Å². The van der Waals surface area contributed by atoms with Gasteiger partial charge in [-0.15, -0.1) is 0 Å². The number of carbonyl (C=O) groups excluding carboxylic acids is 2. The van der Waals surface area contributed by atoms with Crippen LogP contribution in [0.3, 0.4) is 0 Å². The molecule has 1 unspecified atom stereocenters. The van der Waals surface area contributed by atoms with E-state index in [9.17, 15) is 9.59 Å². The molecule has 0 radical (unpaired) electrons. The van der Waals surface area contributed by atoms with Crippen LogP contribution in [-0.4, -0.2) is 35.5 Å². The number of carboxylic acid groups (broad SMARTS) is 1. The van der Waals surface area contributed by atoms with Gasteiger partial charge in [0.25, 0.3) is 5.97 Å². The van der Waals surface area contributed by atoms with Gasteiger partial charge < -0.3 is 21.1 Å². The number of anilines is 2. The Bertz CT molecular complexity index is 652. The summed E-state index contributed by atoms with van der Waals surface area (Å²) in [6, 6.07) is 3.43. The maximum absolute atomic E-state index is 12.1. The number of nitrogens with one attached hydrogen (secondary N) is 3. The summed E-state index contributed by atoms with van der Waals surface area (Å²) in [7, 11) is 0. The number of fused-ring (bicyclic) bond motifs is 1. The van der Waals surface area contributed by atoms with Gasteiger partial charge in [-0.1, -0.05) is 13.8 Å². The van der Waals surface area contributed by atoms with Crippen molar-refractivity contribution >= 4 is 29.2 Å². The van der Waals surface area contributed by atoms with Crippen LogP contribution in [0, 0.1) is 19.8 Å². The summed E-state index contributed by atoms with van der Waals surface area (Å²) in [5, 5.41) is 16.3. The summed E-state index contributed by atoms with van der Waals surface area (Å²) in [6.45, 7) is 9.81. The molecule has 2 amide bonds. The zero-order chi connectivity index (χ0) is 19.1. The van der Waals surface area contributed by atoms with E-state index in [2.05, 4.69) is 16.0 Å². The lowest BCUT2D eigenvalue weighted by Crippen LogP contribution is -2.43. The molecule has 0 spiro atoms. The topological polar surface area (TPSA) is 108 Å². The van der Waals surface area contributed by atoms with E-state index < -0.39 is 12.0 Å². The molecule has 138 valence electrons. The first-order valence-electron chi connectivity index (χ1n) is 8.25. The van der Waals surface area contributed by atoms with E-state index in [0.29, 0.717) is 12.5 Å². The largest absolute Gasteiger partial charge is 0.481 e. The average Bonchev–Trinajstić information content (AvgIpc) is 2.47. The van der Waals surface area contributed by atoms with Crippen molar-refractivity contribution in [3.8, 4) is 0 Å². The molecule has 4 N–H and O–H groups in total. The van der Waals surface area contributed by atoms with Crippen molar-refractivity contribution in [2.45, 2.75) is 47.1 Å². The normalized spacial score (nSPS) is 15.3. The first-order valence-corrected chi connectivity index (χ1v) is 8.25. The molecule has 0 fully saturated rings. The third-order valence-electron chi connectivity index (χ3n) is 3.63. The third-order valence-corrected chi connectivity index (χ3v) is 3.63. The van der Waals surface area contributed by atoms with Crippen molar-refractivity contribution < 1.29 is 19.5 Å². The third kappa shape index (κ3) is 6.82. The summed E-state index contributed by atoms with van der Waals surface area (Å²) < 4.78 is 0. The predicted octanol–water partition coefficient (Wildman–Crippen LogP) is 2.29. The number of amides is 2. The van der Waals surface area contributed by atoms with E-state index in [-0.39, 0.29) is 18.2 Å². The lowest BCUT2D eigenvalue weighted by Gasteiger charge is -2.27. The van der Waals surface area contributed by atoms with E-state index in [1.807, 2.05) is 39.8 Å². The smallest absolute Gasteiger partial charge is 0.300 e. The van der Waals surface area contributed by atoms with E-state index >= 15 is 0 Å². The zero-order valence-corrected chi connectivity index (χ0v) is 15.4. The second kappa shape index (κ2) is 9.05. The highest BCUT2D eigenvalue weighted by molar-refractivity contribution is 6.05. The summed E-state index contributed by atoms with van der Waals surface area (Å²) in [5.41, 5.74) is 3.94. The van der Waals surface area contributed by atoms with Gasteiger partial charge in [0.15, 0.2) is 0 Å². The number of carboxylic acids is 1. The van der Waals surface area contributed by atoms with Crippen LogP contribution in [0.5, 0.6) is 0 Å². The molecule has 0 saturated carbocycles. The number of carbonyl (C=O) groups is 3. The molecule has 1 heterocycles. The lowest BCUT2D eigenvalue weighted by atomic mass is 10.0. The Hall–Kier alpha value is -2.57. The van der Waals surface area contributed by atoms with Gasteiger partial charge in [0.2, 0.25) is 11.8 Å². The first-order chi connectivity index (χ1) is 11.6. The summed E-state index contributed by atoms with van der Waals surface area (Å²) in [4.78, 5) is 32.9. The number of aryl methyl sites for hydroxylation is 2. The van der Waals surface area contributed by atoms with Gasteiger partial charge in [-0.05, 0) is 43.0 Å². The second-order valence-electron chi connectivity index (χ2n) is 6.59. The van der Waals surface area contributed by atoms with Crippen LogP contribution in [0.15, 0.2) is 12.1 Å². The highest BCUT2D eigenvalue weighted by Gasteiger charge is 2.27. The maximum atomic E-state index is 12.1. The van der Waals surface area contributed by atoms with Crippen LogP contribution in [0.1, 0.15) is 38.3 Å². The van der Waals surface area contributed by atoms with Gasteiger partial charge in [-0.3, -0.25) is 14.4 Å². The minimum absolute atomic E-state index is 0.108. The van der Waals surface area contributed by atoms with Gasteiger partial charge in [-0.25, -0.2) is 0 Å². The van der Waals surface area contributed by atoms with Crippen molar-refractivity contribution in [2.24, 2.45) is 5.92 Å². The highest BCUT2D eigenvalue weighted by atomic mass is 16.4. The molecule has 0 saturated heterocycles. The number of hydrogen-bond acceptors (Lipinski definition) is 4. The van der Waals surface area contributed by atoms with Crippen LogP contribution in [-0.2, 0) is 14.4 Å². The Morgan fingerprint density at radius 3 is 2.24 bits per heavy atom. The number of rotatable bonds is 4. The summed E-state index contributed by atoms with van der Waals surface area (Å²) in [5.74, 6) is -0.706. The molecule has 1 atom stereocenters. The number of benzene rings is 1. The molecule has 1 aromatic carbocycles. The molecule has 0 aliphatic carbocycles. The van der Waals surface area contributed by atoms with Crippen LogP contribution in [0.4, 0.5) is 11.4 Å². The van der Waals surface area contributed by atoms with Crippen LogP contribution < -0.4 is 16.0 Å². The van der Waals surface area contributed by atoms with E-state index in [1.165, 1.54) is 0 Å². The summed E-state index contributed by atoms with van der Waals surface area (Å²) in [6.07, 6.45) is 0.144. The minimum atomic E-state index is -0.833.